The molecule has 2 unspecified atom stereocenters. The molecule has 54 valence electrons. The van der Waals surface area contributed by atoms with Crippen molar-refractivity contribution < 1.29 is 5.11 Å². The molecule has 9 heavy (non-hydrogen) atoms. The summed E-state index contributed by atoms with van der Waals surface area (Å²) in [5.41, 5.74) is 5.35. The first-order chi connectivity index (χ1) is 4.26. The Morgan fingerprint density at radius 2 is 2.33 bits per heavy atom. The molecule has 0 aliphatic rings. The molecule has 0 spiro atoms. The van der Waals surface area contributed by atoms with Crippen LogP contribution in [-0.4, -0.2) is 18.3 Å². The third-order valence-corrected chi connectivity index (χ3v) is 1.65. The Kier molecular flexibility index (Phi) is 4.36. The predicted octanol–water partition coefficient (Wildman–Crippen LogP) is 0.376. The number of nitrogens with two attached hydrogens (primary N) is 1. The SMILES string of the molecule is C=CC(C)C(CN)CO. The van der Waals surface area contributed by atoms with Gasteiger partial charge in [-0.2, -0.15) is 0 Å². The minimum Gasteiger partial charge on any atom is -0.396 e. The molecule has 0 radical (unpaired) electrons. The molecule has 0 fully saturated rings. The lowest BCUT2D eigenvalue weighted by molar-refractivity contribution is 0.205. The molecular formula is C7H15NO. The van der Waals surface area contributed by atoms with Gasteiger partial charge in [0.15, 0.2) is 0 Å². The van der Waals surface area contributed by atoms with Crippen molar-refractivity contribution >= 4 is 0 Å². The summed E-state index contributed by atoms with van der Waals surface area (Å²) in [7, 11) is 0. The summed E-state index contributed by atoms with van der Waals surface area (Å²) in [4.78, 5) is 0. The molecule has 2 nitrogen and oxygen atoms in total. The number of aliphatic hydroxyl groups is 1. The molecule has 0 aromatic carbocycles. The second kappa shape index (κ2) is 4.53. The maximum absolute atomic E-state index is 8.70. The predicted molar refractivity (Wildman–Crippen MR) is 39.0 cm³/mol. The van der Waals surface area contributed by atoms with Crippen molar-refractivity contribution in [1.29, 1.82) is 0 Å². The fourth-order valence-electron chi connectivity index (χ4n) is 0.648. The highest BCUT2D eigenvalue weighted by atomic mass is 16.3. The van der Waals surface area contributed by atoms with Crippen LogP contribution >= 0.6 is 0 Å². The standard InChI is InChI=1S/C7H15NO/c1-3-6(2)7(4-8)5-9/h3,6-7,9H,1,4-5,8H2,2H3. The van der Waals surface area contributed by atoms with Crippen LogP contribution in [0, 0.1) is 11.8 Å². The van der Waals surface area contributed by atoms with Gasteiger partial charge in [0.05, 0.1) is 0 Å². The first kappa shape index (κ1) is 8.66. The molecule has 0 saturated heterocycles. The Morgan fingerprint density at radius 3 is 2.44 bits per heavy atom. The summed E-state index contributed by atoms with van der Waals surface area (Å²) in [6, 6.07) is 0. The van der Waals surface area contributed by atoms with Crippen molar-refractivity contribution in [2.75, 3.05) is 13.2 Å². The van der Waals surface area contributed by atoms with Crippen LogP contribution < -0.4 is 5.73 Å². The van der Waals surface area contributed by atoms with Gasteiger partial charge in [-0.15, -0.1) is 6.58 Å². The zero-order valence-electron chi connectivity index (χ0n) is 5.88. The average molecular weight is 129 g/mol. The lowest BCUT2D eigenvalue weighted by Crippen LogP contribution is -2.23. The smallest absolute Gasteiger partial charge is 0.0476 e. The highest BCUT2D eigenvalue weighted by molar-refractivity contribution is 4.81. The molecule has 0 saturated carbocycles. The van der Waals surface area contributed by atoms with Crippen molar-refractivity contribution in [3.63, 3.8) is 0 Å². The lowest BCUT2D eigenvalue weighted by Gasteiger charge is -2.15. The first-order valence-electron chi connectivity index (χ1n) is 3.19. The van der Waals surface area contributed by atoms with E-state index < -0.39 is 0 Å². The van der Waals surface area contributed by atoms with Crippen molar-refractivity contribution in [3.05, 3.63) is 12.7 Å². The van der Waals surface area contributed by atoms with E-state index in [9.17, 15) is 0 Å². The van der Waals surface area contributed by atoms with E-state index in [0.29, 0.717) is 12.5 Å². The molecule has 0 aromatic rings. The van der Waals surface area contributed by atoms with Gasteiger partial charge in [0.2, 0.25) is 0 Å². The molecule has 3 N–H and O–H groups in total. The molecular weight excluding hydrogens is 114 g/mol. The molecule has 0 amide bonds. The van der Waals surface area contributed by atoms with E-state index in [1.807, 2.05) is 13.0 Å². The van der Waals surface area contributed by atoms with Crippen LogP contribution in [-0.2, 0) is 0 Å². The Labute approximate surface area is 56.4 Å². The van der Waals surface area contributed by atoms with E-state index in [1.54, 1.807) is 0 Å². The van der Waals surface area contributed by atoms with Crippen LogP contribution in [0.3, 0.4) is 0 Å². The number of hydrogen-bond donors (Lipinski definition) is 2. The van der Waals surface area contributed by atoms with Gasteiger partial charge < -0.3 is 10.8 Å². The molecule has 0 bridgehead atoms. The number of hydrogen-bond acceptors (Lipinski definition) is 2. The quantitative estimate of drug-likeness (QED) is 0.539. The Bertz CT molecular complexity index is 79.0. The minimum atomic E-state index is 0.156. The van der Waals surface area contributed by atoms with Gasteiger partial charge in [0.1, 0.15) is 0 Å². The summed E-state index contributed by atoms with van der Waals surface area (Å²) in [5.74, 6) is 0.502. The van der Waals surface area contributed by atoms with Crippen molar-refractivity contribution in [1.82, 2.24) is 0 Å². The monoisotopic (exact) mass is 129 g/mol. The summed E-state index contributed by atoms with van der Waals surface area (Å²) in [6.45, 7) is 6.30. The van der Waals surface area contributed by atoms with Crippen LogP contribution in [0.5, 0.6) is 0 Å². The van der Waals surface area contributed by atoms with Crippen molar-refractivity contribution in [2.24, 2.45) is 17.6 Å². The normalized spacial score (nSPS) is 16.8. The second-order valence-electron chi connectivity index (χ2n) is 2.27. The molecule has 0 aliphatic carbocycles. The summed E-state index contributed by atoms with van der Waals surface area (Å²) in [6.07, 6.45) is 1.81. The summed E-state index contributed by atoms with van der Waals surface area (Å²) < 4.78 is 0. The van der Waals surface area contributed by atoms with E-state index in [4.69, 9.17) is 10.8 Å². The van der Waals surface area contributed by atoms with Gasteiger partial charge >= 0.3 is 0 Å². The zero-order valence-corrected chi connectivity index (χ0v) is 5.88. The Balaban J connectivity index is 3.63. The molecule has 0 aromatic heterocycles. The fraction of sp³-hybridized carbons (Fsp3) is 0.714. The lowest BCUT2D eigenvalue weighted by atomic mass is 9.95. The topological polar surface area (TPSA) is 46.2 Å². The maximum atomic E-state index is 8.70. The van der Waals surface area contributed by atoms with Crippen LogP contribution in [0.1, 0.15) is 6.92 Å². The molecule has 0 rings (SSSR count). The number of allylic oxidation sites excluding steroid dienone is 1. The Hall–Kier alpha value is -0.340. The molecule has 2 heteroatoms. The van der Waals surface area contributed by atoms with E-state index in [0.717, 1.165) is 0 Å². The third kappa shape index (κ3) is 2.63. The first-order valence-corrected chi connectivity index (χ1v) is 3.19. The van der Waals surface area contributed by atoms with Crippen molar-refractivity contribution in [3.8, 4) is 0 Å². The largest absolute Gasteiger partial charge is 0.396 e. The van der Waals surface area contributed by atoms with E-state index in [1.165, 1.54) is 0 Å². The molecule has 0 heterocycles. The van der Waals surface area contributed by atoms with Gasteiger partial charge in [-0.3, -0.25) is 0 Å². The van der Waals surface area contributed by atoms with E-state index >= 15 is 0 Å². The number of rotatable bonds is 4. The van der Waals surface area contributed by atoms with Crippen LogP contribution in [0.25, 0.3) is 0 Å². The highest BCUT2D eigenvalue weighted by Gasteiger charge is 2.09. The third-order valence-electron chi connectivity index (χ3n) is 1.65. The van der Waals surface area contributed by atoms with E-state index in [2.05, 4.69) is 6.58 Å². The van der Waals surface area contributed by atoms with Gasteiger partial charge in [-0.1, -0.05) is 13.0 Å². The molecule has 0 aliphatic heterocycles. The maximum Gasteiger partial charge on any atom is 0.0476 e. The number of aliphatic hydroxyl groups excluding tert-OH is 1. The summed E-state index contributed by atoms with van der Waals surface area (Å²) >= 11 is 0. The zero-order chi connectivity index (χ0) is 7.28. The van der Waals surface area contributed by atoms with Crippen LogP contribution in [0.4, 0.5) is 0 Å². The van der Waals surface area contributed by atoms with Crippen LogP contribution in [0.15, 0.2) is 12.7 Å². The van der Waals surface area contributed by atoms with Crippen LogP contribution in [0.2, 0.25) is 0 Å². The molecule has 2 atom stereocenters. The highest BCUT2D eigenvalue weighted by Crippen LogP contribution is 2.09. The minimum absolute atomic E-state index is 0.156. The van der Waals surface area contributed by atoms with Gasteiger partial charge in [-0.05, 0) is 12.5 Å². The van der Waals surface area contributed by atoms with Gasteiger partial charge in [-0.25, -0.2) is 0 Å². The summed E-state index contributed by atoms with van der Waals surface area (Å²) in [5, 5.41) is 8.70. The van der Waals surface area contributed by atoms with E-state index in [-0.39, 0.29) is 12.5 Å². The van der Waals surface area contributed by atoms with Gasteiger partial charge in [0, 0.05) is 12.5 Å². The second-order valence-corrected chi connectivity index (χ2v) is 2.27. The Morgan fingerprint density at radius 1 is 1.78 bits per heavy atom. The van der Waals surface area contributed by atoms with Gasteiger partial charge in [0.25, 0.3) is 0 Å². The fourth-order valence-corrected chi connectivity index (χ4v) is 0.648. The van der Waals surface area contributed by atoms with Crippen molar-refractivity contribution in [2.45, 2.75) is 6.92 Å². The average Bonchev–Trinajstić information content (AvgIpc) is 1.90.